The van der Waals surface area contributed by atoms with Crippen LogP contribution < -0.4 is 5.43 Å². The molecule has 1 heterocycles. The molecular formula is C11H8FN3O2. The quantitative estimate of drug-likeness (QED) is 0.646. The van der Waals surface area contributed by atoms with E-state index in [1.165, 1.54) is 24.6 Å². The van der Waals surface area contributed by atoms with Crippen molar-refractivity contribution in [2.45, 2.75) is 0 Å². The molecule has 0 spiro atoms. The second-order valence-corrected chi connectivity index (χ2v) is 3.12. The lowest BCUT2D eigenvalue weighted by atomic mass is 10.2. The van der Waals surface area contributed by atoms with Gasteiger partial charge in [0.25, 0.3) is 5.91 Å². The minimum absolute atomic E-state index is 0.140. The molecule has 0 atom stereocenters. The minimum atomic E-state index is -0.475. The van der Waals surface area contributed by atoms with Gasteiger partial charge in [-0.3, -0.25) is 4.79 Å². The van der Waals surface area contributed by atoms with Gasteiger partial charge < -0.3 is 4.42 Å². The summed E-state index contributed by atoms with van der Waals surface area (Å²) in [4.78, 5) is 15.0. The van der Waals surface area contributed by atoms with Gasteiger partial charge in [0.05, 0.1) is 6.21 Å². The molecule has 0 aliphatic carbocycles. The number of amides is 1. The largest absolute Gasteiger partial charge is 0.451 e. The molecule has 0 fully saturated rings. The summed E-state index contributed by atoms with van der Waals surface area (Å²) in [5.41, 5.74) is 3.08. The van der Waals surface area contributed by atoms with E-state index in [2.05, 4.69) is 19.9 Å². The van der Waals surface area contributed by atoms with Gasteiger partial charge in [0.2, 0.25) is 0 Å². The van der Waals surface area contributed by atoms with Gasteiger partial charge in [-0.25, -0.2) is 14.8 Å². The van der Waals surface area contributed by atoms with E-state index in [0.29, 0.717) is 5.56 Å². The van der Waals surface area contributed by atoms with Crippen molar-refractivity contribution in [3.8, 4) is 0 Å². The molecule has 1 aromatic carbocycles. The van der Waals surface area contributed by atoms with Crippen molar-refractivity contribution >= 4 is 12.1 Å². The Balaban J connectivity index is 1.94. The fraction of sp³-hybridized carbons (Fsp3) is 0. The first kappa shape index (κ1) is 11.0. The number of aromatic nitrogens is 1. The Bertz CT molecular complexity index is 520. The summed E-state index contributed by atoms with van der Waals surface area (Å²) in [5.74, 6) is -0.800. The highest BCUT2D eigenvalue weighted by molar-refractivity contribution is 5.92. The smallest absolute Gasteiger partial charge is 0.293 e. The van der Waals surface area contributed by atoms with Crippen LogP contribution in [0.3, 0.4) is 0 Å². The van der Waals surface area contributed by atoms with E-state index in [1.54, 1.807) is 12.1 Å². The maximum atomic E-state index is 12.6. The van der Waals surface area contributed by atoms with E-state index >= 15 is 0 Å². The minimum Gasteiger partial charge on any atom is -0.451 e. The molecule has 0 radical (unpaired) electrons. The number of hydrogen-bond acceptors (Lipinski definition) is 4. The Kier molecular flexibility index (Phi) is 3.25. The Morgan fingerprint density at radius 3 is 2.82 bits per heavy atom. The number of nitrogens with one attached hydrogen (secondary N) is 1. The van der Waals surface area contributed by atoms with Gasteiger partial charge in [-0.2, -0.15) is 5.10 Å². The number of hydrogen-bond donors (Lipinski definition) is 1. The molecule has 0 unspecified atom stereocenters. The van der Waals surface area contributed by atoms with E-state index in [4.69, 9.17) is 0 Å². The Morgan fingerprint density at radius 1 is 1.41 bits per heavy atom. The lowest BCUT2D eigenvalue weighted by molar-refractivity contribution is 0.0950. The van der Waals surface area contributed by atoms with Crippen molar-refractivity contribution in [3.63, 3.8) is 0 Å². The normalized spacial score (nSPS) is 10.6. The molecule has 1 aromatic heterocycles. The zero-order valence-corrected chi connectivity index (χ0v) is 8.63. The summed E-state index contributed by atoms with van der Waals surface area (Å²) in [7, 11) is 0. The number of nitrogens with zero attached hydrogens (tertiary/aromatic N) is 2. The second kappa shape index (κ2) is 5.02. The van der Waals surface area contributed by atoms with Gasteiger partial charge >= 0.3 is 0 Å². The number of carbonyl (C=O) groups excluding carboxylic acids is 1. The van der Waals surface area contributed by atoms with Crippen LogP contribution in [0.5, 0.6) is 0 Å². The average Bonchev–Trinajstić information content (AvgIpc) is 2.85. The molecule has 17 heavy (non-hydrogen) atoms. The summed E-state index contributed by atoms with van der Waals surface area (Å²) in [6.07, 6.45) is 3.76. The number of benzene rings is 1. The zero-order valence-electron chi connectivity index (χ0n) is 8.63. The standard InChI is InChI=1S/C11H8FN3O2/c12-9-3-1-8(2-4-9)5-14-15-11(16)10-6-17-7-13-10/h1-7H,(H,15,16)/b14-5+. The van der Waals surface area contributed by atoms with Gasteiger partial charge in [0, 0.05) is 0 Å². The average molecular weight is 233 g/mol. The number of halogens is 1. The topological polar surface area (TPSA) is 67.5 Å². The SMILES string of the molecule is O=C(N/N=C/c1ccc(F)cc1)c1cocn1. The molecule has 0 bridgehead atoms. The number of rotatable bonds is 3. The van der Waals surface area contributed by atoms with Gasteiger partial charge in [-0.1, -0.05) is 12.1 Å². The van der Waals surface area contributed by atoms with Crippen LogP contribution in [0.15, 0.2) is 46.4 Å². The van der Waals surface area contributed by atoms with Crippen LogP contribution in [0.4, 0.5) is 4.39 Å². The van der Waals surface area contributed by atoms with Crippen molar-refractivity contribution in [2.75, 3.05) is 0 Å². The molecule has 5 nitrogen and oxygen atoms in total. The Labute approximate surface area is 96.0 Å². The lowest BCUT2D eigenvalue weighted by Gasteiger charge is -1.94. The summed E-state index contributed by atoms with van der Waals surface area (Å²) >= 11 is 0. The highest BCUT2D eigenvalue weighted by atomic mass is 19.1. The summed E-state index contributed by atoms with van der Waals surface area (Å²) in [5, 5.41) is 3.70. The molecule has 0 saturated carbocycles. The monoisotopic (exact) mass is 233 g/mol. The van der Waals surface area contributed by atoms with Crippen LogP contribution >= 0.6 is 0 Å². The van der Waals surface area contributed by atoms with Crippen molar-refractivity contribution in [2.24, 2.45) is 5.10 Å². The van der Waals surface area contributed by atoms with Crippen LogP contribution in [0, 0.1) is 5.82 Å². The second-order valence-electron chi connectivity index (χ2n) is 3.12. The molecule has 1 N–H and O–H groups in total. The van der Waals surface area contributed by atoms with Crippen LogP contribution in [-0.4, -0.2) is 17.1 Å². The predicted octanol–water partition coefficient (Wildman–Crippen LogP) is 1.58. The maximum Gasteiger partial charge on any atom is 0.293 e. The van der Waals surface area contributed by atoms with Crippen molar-refractivity contribution in [3.05, 3.63) is 54.0 Å². The van der Waals surface area contributed by atoms with E-state index < -0.39 is 5.91 Å². The van der Waals surface area contributed by atoms with Crippen LogP contribution in [0.2, 0.25) is 0 Å². The highest BCUT2D eigenvalue weighted by Crippen LogP contribution is 1.99. The van der Waals surface area contributed by atoms with E-state index in [9.17, 15) is 9.18 Å². The van der Waals surface area contributed by atoms with Crippen LogP contribution in [0.25, 0.3) is 0 Å². The molecule has 2 rings (SSSR count). The third kappa shape index (κ3) is 2.97. The molecular weight excluding hydrogens is 225 g/mol. The van der Waals surface area contributed by atoms with Crippen molar-refractivity contribution in [1.29, 1.82) is 0 Å². The summed E-state index contributed by atoms with van der Waals surface area (Å²) < 4.78 is 17.2. The van der Waals surface area contributed by atoms with E-state index in [-0.39, 0.29) is 11.5 Å². The lowest BCUT2D eigenvalue weighted by Crippen LogP contribution is -2.17. The van der Waals surface area contributed by atoms with Gasteiger partial charge in [-0.15, -0.1) is 0 Å². The summed E-state index contributed by atoms with van der Waals surface area (Å²) in [6, 6.07) is 5.70. The Morgan fingerprint density at radius 2 is 2.18 bits per heavy atom. The molecule has 0 aliphatic heterocycles. The first-order chi connectivity index (χ1) is 8.25. The first-order valence-electron chi connectivity index (χ1n) is 4.73. The summed E-state index contributed by atoms with van der Waals surface area (Å²) in [6.45, 7) is 0. The third-order valence-electron chi connectivity index (χ3n) is 1.91. The van der Waals surface area contributed by atoms with Gasteiger partial charge in [0.1, 0.15) is 12.1 Å². The van der Waals surface area contributed by atoms with Gasteiger partial charge in [-0.05, 0) is 17.7 Å². The third-order valence-corrected chi connectivity index (χ3v) is 1.91. The molecule has 0 aliphatic rings. The van der Waals surface area contributed by atoms with E-state index in [1.807, 2.05) is 0 Å². The number of hydrazone groups is 1. The number of carbonyl (C=O) groups is 1. The maximum absolute atomic E-state index is 12.6. The molecule has 86 valence electrons. The van der Waals surface area contributed by atoms with Crippen molar-refractivity contribution in [1.82, 2.24) is 10.4 Å². The van der Waals surface area contributed by atoms with Crippen LogP contribution in [-0.2, 0) is 0 Å². The first-order valence-corrected chi connectivity index (χ1v) is 4.73. The molecule has 2 aromatic rings. The fourth-order valence-corrected chi connectivity index (χ4v) is 1.10. The zero-order chi connectivity index (χ0) is 12.1. The van der Waals surface area contributed by atoms with Gasteiger partial charge in [0.15, 0.2) is 12.1 Å². The predicted molar refractivity (Wildman–Crippen MR) is 58.0 cm³/mol. The number of oxazole rings is 1. The highest BCUT2D eigenvalue weighted by Gasteiger charge is 2.05. The molecule has 0 saturated heterocycles. The Hall–Kier alpha value is -2.50. The van der Waals surface area contributed by atoms with Crippen LogP contribution in [0.1, 0.15) is 16.1 Å². The van der Waals surface area contributed by atoms with E-state index in [0.717, 1.165) is 6.39 Å². The molecule has 1 amide bonds. The fourth-order valence-electron chi connectivity index (χ4n) is 1.10. The molecule has 6 heteroatoms. The van der Waals surface area contributed by atoms with Crippen molar-refractivity contribution < 1.29 is 13.6 Å².